The summed E-state index contributed by atoms with van der Waals surface area (Å²) in [7, 11) is 1.67. The van der Waals surface area contributed by atoms with E-state index in [4.69, 9.17) is 0 Å². The third-order valence-corrected chi connectivity index (χ3v) is 4.03. The van der Waals surface area contributed by atoms with E-state index < -0.39 is 0 Å². The minimum Gasteiger partial charge on any atom is -0.338 e. The SMILES string of the molecule is CC1CN(C(=O)CN(C)C(=O)c2cccs2)CCN1.Cl. The highest BCUT2D eigenvalue weighted by Gasteiger charge is 2.23. The number of hydrogen-bond acceptors (Lipinski definition) is 4. The Labute approximate surface area is 129 Å². The zero-order valence-corrected chi connectivity index (χ0v) is 13.3. The molecule has 0 saturated carbocycles. The van der Waals surface area contributed by atoms with Crippen molar-refractivity contribution in [1.82, 2.24) is 15.1 Å². The molecule has 0 aliphatic carbocycles. The van der Waals surface area contributed by atoms with Gasteiger partial charge in [0.1, 0.15) is 0 Å². The number of halogens is 1. The van der Waals surface area contributed by atoms with Crippen LogP contribution in [0.1, 0.15) is 16.6 Å². The molecule has 1 N–H and O–H groups in total. The molecule has 0 spiro atoms. The molecule has 1 fully saturated rings. The lowest BCUT2D eigenvalue weighted by atomic mass is 10.2. The molecule has 1 aromatic heterocycles. The van der Waals surface area contributed by atoms with E-state index in [9.17, 15) is 9.59 Å². The van der Waals surface area contributed by atoms with Crippen LogP contribution in [0.4, 0.5) is 0 Å². The number of thiophene rings is 1. The van der Waals surface area contributed by atoms with Crippen molar-refractivity contribution in [3.05, 3.63) is 22.4 Å². The summed E-state index contributed by atoms with van der Waals surface area (Å²) in [5, 5.41) is 5.15. The molecule has 112 valence electrons. The van der Waals surface area contributed by atoms with Crippen molar-refractivity contribution in [2.45, 2.75) is 13.0 Å². The van der Waals surface area contributed by atoms with Crippen LogP contribution in [0.2, 0.25) is 0 Å². The second-order valence-corrected chi connectivity index (χ2v) is 5.78. The van der Waals surface area contributed by atoms with Crippen LogP contribution in [0.15, 0.2) is 17.5 Å². The summed E-state index contributed by atoms with van der Waals surface area (Å²) < 4.78 is 0. The zero-order chi connectivity index (χ0) is 13.8. The summed E-state index contributed by atoms with van der Waals surface area (Å²) in [6.45, 7) is 4.43. The van der Waals surface area contributed by atoms with Gasteiger partial charge < -0.3 is 15.1 Å². The highest BCUT2D eigenvalue weighted by Crippen LogP contribution is 2.11. The highest BCUT2D eigenvalue weighted by atomic mass is 35.5. The number of carbonyl (C=O) groups excluding carboxylic acids is 2. The van der Waals surface area contributed by atoms with Gasteiger partial charge in [0.25, 0.3) is 5.91 Å². The molecule has 2 heterocycles. The smallest absolute Gasteiger partial charge is 0.264 e. The van der Waals surface area contributed by atoms with Crippen molar-refractivity contribution >= 4 is 35.6 Å². The third kappa shape index (κ3) is 4.19. The maximum absolute atomic E-state index is 12.1. The fourth-order valence-electron chi connectivity index (χ4n) is 2.12. The standard InChI is InChI=1S/C13H19N3O2S.ClH/c1-10-8-16(6-5-14-10)12(17)9-15(2)13(18)11-4-3-7-19-11;/h3-4,7,10,14H,5-6,8-9H2,1-2H3;1H. The average molecular weight is 318 g/mol. The predicted octanol–water partition coefficient (Wildman–Crippen LogP) is 1.06. The fraction of sp³-hybridized carbons (Fsp3) is 0.538. The van der Waals surface area contributed by atoms with Gasteiger partial charge in [0.2, 0.25) is 5.91 Å². The summed E-state index contributed by atoms with van der Waals surface area (Å²) in [5.74, 6) is -0.0766. The van der Waals surface area contributed by atoms with Crippen molar-refractivity contribution in [2.75, 3.05) is 33.2 Å². The van der Waals surface area contributed by atoms with Crippen LogP contribution in [-0.2, 0) is 4.79 Å². The van der Waals surface area contributed by atoms with Crippen LogP contribution in [0.5, 0.6) is 0 Å². The number of nitrogens with one attached hydrogen (secondary N) is 1. The number of rotatable bonds is 3. The molecule has 7 heteroatoms. The van der Waals surface area contributed by atoms with E-state index in [0.29, 0.717) is 24.0 Å². The minimum absolute atomic E-state index is 0. The second-order valence-electron chi connectivity index (χ2n) is 4.83. The van der Waals surface area contributed by atoms with Gasteiger partial charge in [-0.15, -0.1) is 23.7 Å². The van der Waals surface area contributed by atoms with E-state index in [1.165, 1.54) is 16.2 Å². The molecule has 2 amide bonds. The van der Waals surface area contributed by atoms with Crippen molar-refractivity contribution in [3.8, 4) is 0 Å². The largest absolute Gasteiger partial charge is 0.338 e. The lowest BCUT2D eigenvalue weighted by Crippen LogP contribution is -2.53. The maximum atomic E-state index is 12.1. The predicted molar refractivity (Wildman–Crippen MR) is 82.6 cm³/mol. The first kappa shape index (κ1) is 16.9. The Balaban J connectivity index is 0.00000200. The van der Waals surface area contributed by atoms with Crippen LogP contribution < -0.4 is 5.32 Å². The van der Waals surface area contributed by atoms with Gasteiger partial charge in [-0.1, -0.05) is 6.07 Å². The van der Waals surface area contributed by atoms with Gasteiger partial charge in [0, 0.05) is 32.7 Å². The van der Waals surface area contributed by atoms with Gasteiger partial charge >= 0.3 is 0 Å². The monoisotopic (exact) mass is 317 g/mol. The topological polar surface area (TPSA) is 52.7 Å². The third-order valence-electron chi connectivity index (χ3n) is 3.17. The lowest BCUT2D eigenvalue weighted by Gasteiger charge is -2.33. The quantitative estimate of drug-likeness (QED) is 0.907. The molecule has 1 saturated heterocycles. The van der Waals surface area contributed by atoms with E-state index in [2.05, 4.69) is 12.2 Å². The summed E-state index contributed by atoms with van der Waals surface area (Å²) in [5.41, 5.74) is 0. The molecule has 2 rings (SSSR count). The molecule has 1 aliphatic rings. The average Bonchev–Trinajstić information content (AvgIpc) is 2.91. The first-order chi connectivity index (χ1) is 9.08. The summed E-state index contributed by atoms with van der Waals surface area (Å²) in [4.78, 5) is 28.2. The number of piperazine rings is 1. The molecule has 0 radical (unpaired) electrons. The maximum Gasteiger partial charge on any atom is 0.264 e. The van der Waals surface area contributed by atoms with Gasteiger partial charge in [-0.2, -0.15) is 0 Å². The van der Waals surface area contributed by atoms with E-state index in [1.54, 1.807) is 13.1 Å². The Bertz CT molecular complexity index is 452. The first-order valence-electron chi connectivity index (χ1n) is 6.38. The molecule has 0 bridgehead atoms. The van der Waals surface area contributed by atoms with Gasteiger partial charge in [0.15, 0.2) is 0 Å². The van der Waals surface area contributed by atoms with Gasteiger partial charge in [-0.05, 0) is 18.4 Å². The first-order valence-corrected chi connectivity index (χ1v) is 7.26. The zero-order valence-electron chi connectivity index (χ0n) is 11.7. The molecule has 1 atom stereocenters. The van der Waals surface area contributed by atoms with Crippen LogP contribution in [0, 0.1) is 0 Å². The Morgan fingerprint density at radius 1 is 1.55 bits per heavy atom. The molecule has 1 aliphatic heterocycles. The van der Waals surface area contributed by atoms with Crippen LogP contribution in [0.25, 0.3) is 0 Å². The summed E-state index contributed by atoms with van der Waals surface area (Å²) in [6.07, 6.45) is 0. The Morgan fingerprint density at radius 2 is 2.30 bits per heavy atom. The van der Waals surface area contributed by atoms with Gasteiger partial charge in [0.05, 0.1) is 11.4 Å². The van der Waals surface area contributed by atoms with Crippen LogP contribution in [0.3, 0.4) is 0 Å². The van der Waals surface area contributed by atoms with E-state index in [1.807, 2.05) is 16.3 Å². The molecular weight excluding hydrogens is 298 g/mol. The Kier molecular flexibility index (Phi) is 6.45. The molecule has 20 heavy (non-hydrogen) atoms. The van der Waals surface area contributed by atoms with Gasteiger partial charge in [-0.25, -0.2) is 0 Å². The van der Waals surface area contributed by atoms with Crippen molar-refractivity contribution in [3.63, 3.8) is 0 Å². The normalized spacial score (nSPS) is 18.3. The number of likely N-dealkylation sites (N-methyl/N-ethyl adjacent to an activating group) is 1. The Hall–Kier alpha value is -1.11. The summed E-state index contributed by atoms with van der Waals surface area (Å²) in [6, 6.07) is 3.93. The van der Waals surface area contributed by atoms with Crippen LogP contribution in [-0.4, -0.2) is 60.9 Å². The summed E-state index contributed by atoms with van der Waals surface area (Å²) >= 11 is 1.40. The molecule has 1 unspecified atom stereocenters. The number of carbonyl (C=O) groups is 2. The van der Waals surface area contributed by atoms with Crippen molar-refractivity contribution < 1.29 is 9.59 Å². The second kappa shape index (κ2) is 7.61. The Morgan fingerprint density at radius 3 is 2.90 bits per heavy atom. The van der Waals surface area contributed by atoms with E-state index in [0.717, 1.165) is 6.54 Å². The van der Waals surface area contributed by atoms with Crippen molar-refractivity contribution in [2.24, 2.45) is 0 Å². The molecule has 0 aromatic carbocycles. The minimum atomic E-state index is -0.0912. The molecule has 1 aromatic rings. The van der Waals surface area contributed by atoms with Crippen molar-refractivity contribution in [1.29, 1.82) is 0 Å². The van der Waals surface area contributed by atoms with E-state index in [-0.39, 0.29) is 30.8 Å². The highest BCUT2D eigenvalue weighted by molar-refractivity contribution is 7.12. The number of nitrogens with zero attached hydrogens (tertiary/aromatic N) is 2. The number of hydrogen-bond donors (Lipinski definition) is 1. The molecular formula is C13H20ClN3O2S. The van der Waals surface area contributed by atoms with Crippen LogP contribution >= 0.6 is 23.7 Å². The lowest BCUT2D eigenvalue weighted by molar-refractivity contribution is -0.132. The number of amides is 2. The molecule has 5 nitrogen and oxygen atoms in total. The van der Waals surface area contributed by atoms with E-state index >= 15 is 0 Å². The van der Waals surface area contributed by atoms with Gasteiger partial charge in [-0.3, -0.25) is 9.59 Å². The fourth-order valence-corrected chi connectivity index (χ4v) is 2.84.